The second-order valence-corrected chi connectivity index (χ2v) is 8.52. The SMILES string of the molecule is CCCCN(C(=S)Nc1ccc(C)cc1)[C@@H]1CCS(=O)(=O)C1. The van der Waals surface area contributed by atoms with Gasteiger partial charge < -0.3 is 10.2 Å². The van der Waals surface area contributed by atoms with Crippen molar-refractivity contribution in [2.24, 2.45) is 0 Å². The molecule has 122 valence electrons. The van der Waals surface area contributed by atoms with Crippen LogP contribution in [0.2, 0.25) is 0 Å². The summed E-state index contributed by atoms with van der Waals surface area (Å²) in [4.78, 5) is 2.06. The van der Waals surface area contributed by atoms with E-state index >= 15 is 0 Å². The minimum absolute atomic E-state index is 0.00185. The molecule has 1 aliphatic rings. The zero-order valence-electron chi connectivity index (χ0n) is 13.2. The molecule has 4 nitrogen and oxygen atoms in total. The first kappa shape index (κ1) is 17.2. The lowest BCUT2D eigenvalue weighted by molar-refractivity contribution is 0.333. The van der Waals surface area contributed by atoms with Crippen LogP contribution in [-0.2, 0) is 9.84 Å². The number of benzene rings is 1. The topological polar surface area (TPSA) is 49.4 Å². The van der Waals surface area contributed by atoms with Crippen LogP contribution in [0.1, 0.15) is 31.7 Å². The molecule has 0 saturated carbocycles. The van der Waals surface area contributed by atoms with E-state index in [1.54, 1.807) is 0 Å². The van der Waals surface area contributed by atoms with Crippen molar-refractivity contribution in [1.29, 1.82) is 0 Å². The van der Waals surface area contributed by atoms with Crippen molar-refractivity contribution in [3.05, 3.63) is 29.8 Å². The van der Waals surface area contributed by atoms with Gasteiger partial charge in [-0.1, -0.05) is 31.0 Å². The van der Waals surface area contributed by atoms with E-state index in [2.05, 4.69) is 17.1 Å². The Balaban J connectivity index is 2.07. The highest BCUT2D eigenvalue weighted by molar-refractivity contribution is 7.91. The summed E-state index contributed by atoms with van der Waals surface area (Å²) in [5.74, 6) is 0.486. The Bertz CT molecular complexity index is 612. The minimum Gasteiger partial charge on any atom is -0.345 e. The molecule has 1 heterocycles. The molecule has 1 aliphatic heterocycles. The van der Waals surface area contributed by atoms with Crippen LogP contribution in [0.5, 0.6) is 0 Å². The molecule has 0 bridgehead atoms. The van der Waals surface area contributed by atoms with Gasteiger partial charge in [0.15, 0.2) is 14.9 Å². The van der Waals surface area contributed by atoms with E-state index in [1.807, 2.05) is 31.2 Å². The Hall–Kier alpha value is -1.14. The summed E-state index contributed by atoms with van der Waals surface area (Å²) >= 11 is 5.54. The molecule has 6 heteroatoms. The molecule has 0 radical (unpaired) electrons. The van der Waals surface area contributed by atoms with Crippen molar-refractivity contribution in [1.82, 2.24) is 4.90 Å². The van der Waals surface area contributed by atoms with Gasteiger partial charge in [0.1, 0.15) is 0 Å². The molecular weight excluding hydrogens is 316 g/mol. The van der Waals surface area contributed by atoms with Crippen LogP contribution >= 0.6 is 12.2 Å². The summed E-state index contributed by atoms with van der Waals surface area (Å²) in [6, 6.07) is 8.04. The molecule has 1 aromatic rings. The number of unbranched alkanes of at least 4 members (excludes halogenated alkanes) is 1. The first-order valence-corrected chi connectivity index (χ1v) is 9.99. The molecule has 0 aromatic heterocycles. The predicted molar refractivity (Wildman–Crippen MR) is 96.1 cm³/mol. The van der Waals surface area contributed by atoms with E-state index in [9.17, 15) is 8.42 Å². The lowest BCUT2D eigenvalue weighted by atomic mass is 10.2. The van der Waals surface area contributed by atoms with Gasteiger partial charge in [-0.3, -0.25) is 0 Å². The van der Waals surface area contributed by atoms with Crippen LogP contribution in [-0.4, -0.2) is 42.5 Å². The Kier molecular flexibility index (Phi) is 5.81. The van der Waals surface area contributed by atoms with Crippen LogP contribution in [0.4, 0.5) is 5.69 Å². The van der Waals surface area contributed by atoms with Crippen LogP contribution in [0, 0.1) is 6.92 Å². The third kappa shape index (κ3) is 4.68. The molecule has 2 rings (SSSR count). The third-order valence-corrected chi connectivity index (χ3v) is 6.05. The summed E-state index contributed by atoms with van der Waals surface area (Å²) in [5.41, 5.74) is 2.14. The van der Waals surface area contributed by atoms with Crippen molar-refractivity contribution in [2.75, 3.05) is 23.4 Å². The average molecular weight is 341 g/mol. The lowest BCUT2D eigenvalue weighted by Gasteiger charge is -2.31. The standard InChI is InChI=1S/C16H24N2O2S2/c1-3-4-10-18(15-9-11-22(19,20)12-15)16(21)17-14-7-5-13(2)6-8-14/h5-8,15H,3-4,9-12H2,1-2H3,(H,17,21)/t15-/m1/s1. The Morgan fingerprint density at radius 3 is 2.59 bits per heavy atom. The maximum Gasteiger partial charge on any atom is 0.173 e. The van der Waals surface area contributed by atoms with Crippen molar-refractivity contribution in [3.8, 4) is 0 Å². The summed E-state index contributed by atoms with van der Waals surface area (Å²) < 4.78 is 23.5. The molecule has 1 saturated heterocycles. The molecule has 0 spiro atoms. The summed E-state index contributed by atoms with van der Waals surface area (Å²) in [6.45, 7) is 4.97. The van der Waals surface area contributed by atoms with Gasteiger partial charge in [-0.2, -0.15) is 0 Å². The largest absolute Gasteiger partial charge is 0.345 e. The van der Waals surface area contributed by atoms with E-state index in [1.165, 1.54) is 5.56 Å². The number of nitrogens with one attached hydrogen (secondary N) is 1. The summed E-state index contributed by atoms with van der Waals surface area (Å²) in [6.07, 6.45) is 2.73. The molecule has 0 amide bonds. The highest BCUT2D eigenvalue weighted by atomic mass is 32.2. The van der Waals surface area contributed by atoms with E-state index in [0.717, 1.165) is 25.1 Å². The maximum atomic E-state index is 11.7. The quantitative estimate of drug-likeness (QED) is 0.835. The number of thiocarbonyl (C=S) groups is 1. The molecule has 0 aliphatic carbocycles. The molecule has 1 aromatic carbocycles. The fourth-order valence-corrected chi connectivity index (χ4v) is 4.72. The van der Waals surface area contributed by atoms with E-state index in [-0.39, 0.29) is 17.5 Å². The number of anilines is 1. The second-order valence-electron chi connectivity index (χ2n) is 5.90. The third-order valence-electron chi connectivity index (χ3n) is 3.97. The molecule has 1 N–H and O–H groups in total. The van der Waals surface area contributed by atoms with Gasteiger partial charge in [-0.25, -0.2) is 8.42 Å². The highest BCUT2D eigenvalue weighted by Crippen LogP contribution is 2.20. The van der Waals surface area contributed by atoms with Crippen molar-refractivity contribution >= 4 is 32.9 Å². The van der Waals surface area contributed by atoms with Gasteiger partial charge in [0.25, 0.3) is 0 Å². The fraction of sp³-hybridized carbons (Fsp3) is 0.562. The van der Waals surface area contributed by atoms with Gasteiger partial charge in [0.05, 0.1) is 11.5 Å². The van der Waals surface area contributed by atoms with E-state index in [4.69, 9.17) is 12.2 Å². The van der Waals surface area contributed by atoms with Crippen LogP contribution in [0.25, 0.3) is 0 Å². The molecule has 1 atom stereocenters. The minimum atomic E-state index is -2.91. The summed E-state index contributed by atoms with van der Waals surface area (Å²) in [7, 11) is -2.91. The maximum absolute atomic E-state index is 11.7. The average Bonchev–Trinajstić information content (AvgIpc) is 2.82. The van der Waals surface area contributed by atoms with Crippen molar-refractivity contribution in [2.45, 2.75) is 39.2 Å². The first-order chi connectivity index (χ1) is 10.4. The summed E-state index contributed by atoms with van der Waals surface area (Å²) in [5, 5.41) is 3.87. The highest BCUT2D eigenvalue weighted by Gasteiger charge is 2.33. The van der Waals surface area contributed by atoms with Crippen LogP contribution in [0.15, 0.2) is 24.3 Å². The smallest absolute Gasteiger partial charge is 0.173 e. The number of hydrogen-bond donors (Lipinski definition) is 1. The Morgan fingerprint density at radius 1 is 1.36 bits per heavy atom. The Labute approximate surface area is 138 Å². The number of hydrogen-bond acceptors (Lipinski definition) is 3. The molecule has 0 unspecified atom stereocenters. The van der Waals surface area contributed by atoms with Crippen LogP contribution in [0.3, 0.4) is 0 Å². The number of nitrogens with zero attached hydrogens (tertiary/aromatic N) is 1. The van der Waals surface area contributed by atoms with Gasteiger partial charge in [0, 0.05) is 18.3 Å². The monoisotopic (exact) mass is 340 g/mol. The van der Waals surface area contributed by atoms with Gasteiger partial charge in [-0.05, 0) is 44.1 Å². The number of aryl methyl sites for hydroxylation is 1. The molecular formula is C16H24N2O2S2. The normalized spacial score (nSPS) is 19.8. The van der Waals surface area contributed by atoms with Gasteiger partial charge in [-0.15, -0.1) is 0 Å². The van der Waals surface area contributed by atoms with Crippen molar-refractivity contribution < 1.29 is 8.42 Å². The first-order valence-electron chi connectivity index (χ1n) is 7.76. The number of sulfone groups is 1. The predicted octanol–water partition coefficient (Wildman–Crippen LogP) is 2.98. The van der Waals surface area contributed by atoms with Crippen molar-refractivity contribution in [3.63, 3.8) is 0 Å². The zero-order chi connectivity index (χ0) is 16.2. The second kappa shape index (κ2) is 7.42. The van der Waals surface area contributed by atoms with Crippen LogP contribution < -0.4 is 5.32 Å². The lowest BCUT2D eigenvalue weighted by Crippen LogP contribution is -2.44. The van der Waals surface area contributed by atoms with E-state index < -0.39 is 9.84 Å². The van der Waals surface area contributed by atoms with Gasteiger partial charge in [0.2, 0.25) is 0 Å². The molecule has 1 fully saturated rings. The fourth-order valence-electron chi connectivity index (χ4n) is 2.63. The Morgan fingerprint density at radius 2 is 2.05 bits per heavy atom. The molecule has 22 heavy (non-hydrogen) atoms. The van der Waals surface area contributed by atoms with E-state index in [0.29, 0.717) is 11.5 Å². The van der Waals surface area contributed by atoms with Gasteiger partial charge >= 0.3 is 0 Å². The zero-order valence-corrected chi connectivity index (χ0v) is 14.8. The number of rotatable bonds is 5.